The van der Waals surface area contributed by atoms with E-state index >= 15 is 0 Å². The molecule has 0 saturated heterocycles. The molecule has 4 nitrogen and oxygen atoms in total. The molecule has 2 rings (SSSR count). The standard InChI is InChI=1S/C13H12NO3/c15-9-5-1-4-8-14-12(16)10-6-2-3-7-11(10)13(14)17/h2-3,6-9H,1,4-5H2. The van der Waals surface area contributed by atoms with E-state index in [1.54, 1.807) is 30.8 Å². The second-order valence-corrected chi connectivity index (χ2v) is 3.81. The second kappa shape index (κ2) is 4.91. The SMILES string of the molecule is O=CCCC[CH]N1C(=O)c2ccccc2C1=O. The number of imide groups is 1. The lowest BCUT2D eigenvalue weighted by atomic mass is 10.1. The zero-order chi connectivity index (χ0) is 12.3. The van der Waals surface area contributed by atoms with Gasteiger partial charge in [0.25, 0.3) is 11.8 Å². The minimum absolute atomic E-state index is 0.281. The molecule has 0 spiro atoms. The van der Waals surface area contributed by atoms with E-state index in [0.717, 1.165) is 11.2 Å². The molecule has 1 heterocycles. The topological polar surface area (TPSA) is 54.5 Å². The van der Waals surface area contributed by atoms with Gasteiger partial charge in [0.05, 0.1) is 17.7 Å². The molecule has 1 radical (unpaired) electrons. The summed E-state index contributed by atoms with van der Waals surface area (Å²) in [6, 6.07) is 6.77. The Morgan fingerprint density at radius 1 is 1.00 bits per heavy atom. The number of carbonyl (C=O) groups is 3. The van der Waals surface area contributed by atoms with Crippen LogP contribution in [0.5, 0.6) is 0 Å². The summed E-state index contributed by atoms with van der Waals surface area (Å²) in [6.45, 7) is 1.56. The van der Waals surface area contributed by atoms with E-state index in [1.807, 2.05) is 0 Å². The monoisotopic (exact) mass is 230 g/mol. The van der Waals surface area contributed by atoms with Crippen LogP contribution in [-0.4, -0.2) is 23.0 Å². The minimum Gasteiger partial charge on any atom is -0.303 e. The van der Waals surface area contributed by atoms with Crippen molar-refractivity contribution in [1.82, 2.24) is 4.90 Å². The average molecular weight is 230 g/mol. The van der Waals surface area contributed by atoms with Crippen LogP contribution >= 0.6 is 0 Å². The normalized spacial score (nSPS) is 14.0. The van der Waals surface area contributed by atoms with E-state index in [4.69, 9.17) is 0 Å². The van der Waals surface area contributed by atoms with Gasteiger partial charge in [0, 0.05) is 6.42 Å². The van der Waals surface area contributed by atoms with Gasteiger partial charge >= 0.3 is 0 Å². The van der Waals surface area contributed by atoms with Crippen molar-refractivity contribution in [3.63, 3.8) is 0 Å². The molecule has 1 aromatic rings. The number of hydrogen-bond acceptors (Lipinski definition) is 3. The molecule has 87 valence electrons. The van der Waals surface area contributed by atoms with Crippen LogP contribution in [0.4, 0.5) is 0 Å². The number of unbranched alkanes of at least 4 members (excludes halogenated alkanes) is 2. The molecule has 0 bridgehead atoms. The molecule has 4 heteroatoms. The molecule has 0 aliphatic carbocycles. The van der Waals surface area contributed by atoms with Crippen LogP contribution in [0.2, 0.25) is 0 Å². The number of amides is 2. The van der Waals surface area contributed by atoms with Gasteiger partial charge in [-0.05, 0) is 25.0 Å². The zero-order valence-corrected chi connectivity index (χ0v) is 9.26. The number of rotatable bonds is 5. The van der Waals surface area contributed by atoms with E-state index in [1.165, 1.54) is 0 Å². The summed E-state index contributed by atoms with van der Waals surface area (Å²) in [6.07, 6.45) is 2.47. The quantitative estimate of drug-likeness (QED) is 0.440. The van der Waals surface area contributed by atoms with Gasteiger partial charge < -0.3 is 4.79 Å². The van der Waals surface area contributed by atoms with Crippen LogP contribution in [0, 0.1) is 6.54 Å². The minimum atomic E-state index is -0.281. The van der Waals surface area contributed by atoms with Crippen LogP contribution < -0.4 is 0 Å². The Kier molecular flexibility index (Phi) is 3.32. The third-order valence-corrected chi connectivity index (χ3v) is 2.66. The Labute approximate surface area is 99.2 Å². The second-order valence-electron chi connectivity index (χ2n) is 3.81. The van der Waals surface area contributed by atoms with Gasteiger partial charge in [0.15, 0.2) is 0 Å². The van der Waals surface area contributed by atoms with E-state index in [9.17, 15) is 14.4 Å². The molecule has 17 heavy (non-hydrogen) atoms. The summed E-state index contributed by atoms with van der Waals surface area (Å²) in [5.74, 6) is -0.562. The summed E-state index contributed by atoms with van der Waals surface area (Å²) in [5.41, 5.74) is 0.897. The molecule has 2 amide bonds. The first kappa shape index (κ1) is 11.5. The first-order valence-corrected chi connectivity index (χ1v) is 5.49. The number of aldehydes is 1. The van der Waals surface area contributed by atoms with Crippen molar-refractivity contribution in [2.24, 2.45) is 0 Å². The van der Waals surface area contributed by atoms with E-state index in [-0.39, 0.29) is 11.8 Å². The first-order valence-electron chi connectivity index (χ1n) is 5.49. The highest BCUT2D eigenvalue weighted by atomic mass is 16.2. The number of hydrogen-bond donors (Lipinski definition) is 0. The molecule has 1 aliphatic heterocycles. The highest BCUT2D eigenvalue weighted by Gasteiger charge is 2.34. The lowest BCUT2D eigenvalue weighted by Gasteiger charge is -2.11. The lowest BCUT2D eigenvalue weighted by Crippen LogP contribution is -2.26. The van der Waals surface area contributed by atoms with Crippen LogP contribution in [0.3, 0.4) is 0 Å². The van der Waals surface area contributed by atoms with Crippen LogP contribution in [0.15, 0.2) is 24.3 Å². The van der Waals surface area contributed by atoms with Crippen molar-refractivity contribution in [2.45, 2.75) is 19.3 Å². The molecule has 1 aromatic carbocycles. The van der Waals surface area contributed by atoms with Crippen molar-refractivity contribution in [1.29, 1.82) is 0 Å². The van der Waals surface area contributed by atoms with Crippen LogP contribution in [0.25, 0.3) is 0 Å². The fraction of sp³-hybridized carbons (Fsp3) is 0.231. The number of nitrogens with zero attached hydrogens (tertiary/aromatic N) is 1. The van der Waals surface area contributed by atoms with E-state index in [0.29, 0.717) is 30.4 Å². The molecule has 0 aromatic heterocycles. The van der Waals surface area contributed by atoms with Crippen LogP contribution in [0.1, 0.15) is 40.0 Å². The van der Waals surface area contributed by atoms with Crippen molar-refractivity contribution in [2.75, 3.05) is 0 Å². The molecular formula is C13H12NO3. The molecule has 1 aliphatic rings. The van der Waals surface area contributed by atoms with Gasteiger partial charge in [0.2, 0.25) is 0 Å². The van der Waals surface area contributed by atoms with E-state index in [2.05, 4.69) is 0 Å². The summed E-state index contributed by atoms with van der Waals surface area (Å²) in [5, 5.41) is 0. The summed E-state index contributed by atoms with van der Waals surface area (Å²) >= 11 is 0. The highest BCUT2D eigenvalue weighted by molar-refractivity contribution is 6.21. The Balaban J connectivity index is 2.05. The number of fused-ring (bicyclic) bond motifs is 1. The van der Waals surface area contributed by atoms with Gasteiger partial charge in [-0.15, -0.1) is 0 Å². The Hall–Kier alpha value is -1.97. The maximum absolute atomic E-state index is 11.9. The average Bonchev–Trinajstić information content (AvgIpc) is 2.60. The Bertz CT molecular complexity index is 432. The first-order chi connectivity index (χ1) is 8.25. The molecule has 0 atom stereocenters. The summed E-state index contributed by atoms with van der Waals surface area (Å²) in [7, 11) is 0. The molecule has 0 unspecified atom stereocenters. The van der Waals surface area contributed by atoms with Gasteiger partial charge in [0.1, 0.15) is 6.29 Å². The predicted molar refractivity (Wildman–Crippen MR) is 61.2 cm³/mol. The fourth-order valence-corrected chi connectivity index (χ4v) is 1.80. The third kappa shape index (κ3) is 2.11. The highest BCUT2D eigenvalue weighted by Crippen LogP contribution is 2.24. The van der Waals surface area contributed by atoms with Crippen molar-refractivity contribution < 1.29 is 14.4 Å². The Morgan fingerprint density at radius 2 is 1.59 bits per heavy atom. The van der Waals surface area contributed by atoms with Crippen molar-refractivity contribution in [3.05, 3.63) is 41.9 Å². The third-order valence-electron chi connectivity index (χ3n) is 2.66. The van der Waals surface area contributed by atoms with E-state index < -0.39 is 0 Å². The number of carbonyl (C=O) groups excluding carboxylic acids is 3. The predicted octanol–water partition coefficient (Wildman–Crippen LogP) is 1.81. The lowest BCUT2D eigenvalue weighted by molar-refractivity contribution is -0.107. The molecule has 0 N–H and O–H groups in total. The molecule has 0 saturated carbocycles. The molecule has 0 fully saturated rings. The smallest absolute Gasteiger partial charge is 0.261 e. The summed E-state index contributed by atoms with van der Waals surface area (Å²) in [4.78, 5) is 35.0. The summed E-state index contributed by atoms with van der Waals surface area (Å²) < 4.78 is 0. The van der Waals surface area contributed by atoms with Gasteiger partial charge in [-0.1, -0.05) is 12.1 Å². The maximum atomic E-state index is 11.9. The van der Waals surface area contributed by atoms with Gasteiger partial charge in [-0.2, -0.15) is 0 Å². The maximum Gasteiger partial charge on any atom is 0.261 e. The van der Waals surface area contributed by atoms with Crippen LogP contribution in [-0.2, 0) is 4.79 Å². The Morgan fingerprint density at radius 3 is 2.12 bits per heavy atom. The zero-order valence-electron chi connectivity index (χ0n) is 9.26. The largest absolute Gasteiger partial charge is 0.303 e. The van der Waals surface area contributed by atoms with Crippen molar-refractivity contribution >= 4 is 18.1 Å². The van der Waals surface area contributed by atoms with Crippen molar-refractivity contribution in [3.8, 4) is 0 Å². The molecular weight excluding hydrogens is 218 g/mol. The van der Waals surface area contributed by atoms with Gasteiger partial charge in [-0.3, -0.25) is 14.5 Å². The van der Waals surface area contributed by atoms with Gasteiger partial charge in [-0.25, -0.2) is 0 Å². The number of benzene rings is 1. The fourth-order valence-electron chi connectivity index (χ4n) is 1.80.